The molecule has 90 valence electrons. The van der Waals surface area contributed by atoms with Crippen LogP contribution in [0.2, 0.25) is 0 Å². The third-order valence-corrected chi connectivity index (χ3v) is 2.62. The highest BCUT2D eigenvalue weighted by molar-refractivity contribution is 4.97. The fourth-order valence-electron chi connectivity index (χ4n) is 1.79. The fraction of sp³-hybridized carbons (Fsp3) is 0.571. The molecule has 1 aliphatic carbocycles. The SMILES string of the molecule is C=CCO[C@@H]1C=C[C@H](OCC=C)CCCC1. The maximum atomic E-state index is 5.64. The maximum absolute atomic E-state index is 5.64. The predicted octanol–water partition coefficient (Wildman–Crippen LogP) is 3.26. The molecular formula is C14H22O2. The third-order valence-electron chi connectivity index (χ3n) is 2.62. The fourth-order valence-corrected chi connectivity index (χ4v) is 1.79. The first-order valence-electron chi connectivity index (χ1n) is 6.00. The smallest absolute Gasteiger partial charge is 0.0761 e. The Kier molecular flexibility index (Phi) is 6.86. The van der Waals surface area contributed by atoms with Crippen molar-refractivity contribution in [3.05, 3.63) is 37.5 Å². The van der Waals surface area contributed by atoms with Crippen molar-refractivity contribution in [3.8, 4) is 0 Å². The molecule has 0 radical (unpaired) electrons. The quantitative estimate of drug-likeness (QED) is 0.642. The molecule has 1 aliphatic rings. The van der Waals surface area contributed by atoms with Crippen molar-refractivity contribution < 1.29 is 9.47 Å². The van der Waals surface area contributed by atoms with Crippen molar-refractivity contribution >= 4 is 0 Å². The van der Waals surface area contributed by atoms with Crippen LogP contribution in [0, 0.1) is 0 Å². The molecule has 0 saturated heterocycles. The Morgan fingerprint density at radius 1 is 0.938 bits per heavy atom. The summed E-state index contributed by atoms with van der Waals surface area (Å²) in [7, 11) is 0. The van der Waals surface area contributed by atoms with Crippen LogP contribution in [0.3, 0.4) is 0 Å². The molecule has 2 heteroatoms. The molecular weight excluding hydrogens is 200 g/mol. The van der Waals surface area contributed by atoms with E-state index >= 15 is 0 Å². The summed E-state index contributed by atoms with van der Waals surface area (Å²) >= 11 is 0. The molecule has 0 N–H and O–H groups in total. The van der Waals surface area contributed by atoms with Gasteiger partial charge in [-0.2, -0.15) is 0 Å². The van der Waals surface area contributed by atoms with Crippen molar-refractivity contribution in [3.63, 3.8) is 0 Å². The van der Waals surface area contributed by atoms with Crippen LogP contribution in [0.1, 0.15) is 25.7 Å². The van der Waals surface area contributed by atoms with Gasteiger partial charge in [-0.15, -0.1) is 13.2 Å². The molecule has 0 aromatic rings. The summed E-state index contributed by atoms with van der Waals surface area (Å²) in [4.78, 5) is 0. The lowest BCUT2D eigenvalue weighted by atomic mass is 10.0. The van der Waals surface area contributed by atoms with E-state index < -0.39 is 0 Å². The lowest BCUT2D eigenvalue weighted by Crippen LogP contribution is -2.17. The average molecular weight is 222 g/mol. The Hall–Kier alpha value is -0.860. The van der Waals surface area contributed by atoms with Gasteiger partial charge < -0.3 is 9.47 Å². The molecule has 0 aromatic heterocycles. The van der Waals surface area contributed by atoms with Gasteiger partial charge in [0, 0.05) is 0 Å². The van der Waals surface area contributed by atoms with Crippen LogP contribution >= 0.6 is 0 Å². The first kappa shape index (κ1) is 13.2. The first-order valence-corrected chi connectivity index (χ1v) is 6.00. The summed E-state index contributed by atoms with van der Waals surface area (Å²) < 4.78 is 11.3. The molecule has 0 bridgehead atoms. The van der Waals surface area contributed by atoms with Gasteiger partial charge in [0.25, 0.3) is 0 Å². The van der Waals surface area contributed by atoms with Gasteiger partial charge in [-0.3, -0.25) is 0 Å². The predicted molar refractivity (Wildman–Crippen MR) is 67.5 cm³/mol. The zero-order valence-electron chi connectivity index (χ0n) is 9.94. The highest BCUT2D eigenvalue weighted by atomic mass is 16.5. The number of rotatable bonds is 6. The minimum absolute atomic E-state index is 0.216. The Morgan fingerprint density at radius 3 is 1.75 bits per heavy atom. The van der Waals surface area contributed by atoms with E-state index in [4.69, 9.17) is 9.47 Å². The molecule has 0 heterocycles. The van der Waals surface area contributed by atoms with Crippen molar-refractivity contribution in [1.82, 2.24) is 0 Å². The lowest BCUT2D eigenvalue weighted by Gasteiger charge is -2.19. The van der Waals surface area contributed by atoms with Crippen molar-refractivity contribution in [2.24, 2.45) is 0 Å². The van der Waals surface area contributed by atoms with E-state index in [0.717, 1.165) is 12.8 Å². The molecule has 2 atom stereocenters. The van der Waals surface area contributed by atoms with Gasteiger partial charge in [0.15, 0.2) is 0 Å². The number of hydrogen-bond acceptors (Lipinski definition) is 2. The lowest BCUT2D eigenvalue weighted by molar-refractivity contribution is 0.0782. The molecule has 0 spiro atoms. The van der Waals surface area contributed by atoms with Gasteiger partial charge in [-0.05, 0) is 12.8 Å². The van der Waals surface area contributed by atoms with Crippen molar-refractivity contribution in [1.29, 1.82) is 0 Å². The minimum Gasteiger partial charge on any atom is -0.370 e. The van der Waals surface area contributed by atoms with E-state index in [-0.39, 0.29) is 12.2 Å². The zero-order valence-corrected chi connectivity index (χ0v) is 9.94. The molecule has 0 amide bonds. The molecule has 1 rings (SSSR count). The molecule has 0 saturated carbocycles. The van der Waals surface area contributed by atoms with Crippen LogP contribution in [0.15, 0.2) is 37.5 Å². The summed E-state index contributed by atoms with van der Waals surface area (Å²) in [5, 5.41) is 0. The van der Waals surface area contributed by atoms with Gasteiger partial charge in [-0.25, -0.2) is 0 Å². The monoisotopic (exact) mass is 222 g/mol. The topological polar surface area (TPSA) is 18.5 Å². The third kappa shape index (κ3) is 5.29. The second-order valence-electron chi connectivity index (χ2n) is 3.99. The highest BCUT2D eigenvalue weighted by Crippen LogP contribution is 2.16. The van der Waals surface area contributed by atoms with Crippen LogP contribution in [0.25, 0.3) is 0 Å². The van der Waals surface area contributed by atoms with Crippen LogP contribution in [-0.4, -0.2) is 25.4 Å². The Morgan fingerprint density at radius 2 is 1.38 bits per heavy atom. The molecule has 16 heavy (non-hydrogen) atoms. The average Bonchev–Trinajstić information content (AvgIpc) is 2.27. The number of hydrogen-bond donors (Lipinski definition) is 0. The summed E-state index contributed by atoms with van der Waals surface area (Å²) in [5.41, 5.74) is 0. The van der Waals surface area contributed by atoms with E-state index in [0.29, 0.717) is 13.2 Å². The van der Waals surface area contributed by atoms with Crippen LogP contribution < -0.4 is 0 Å². The molecule has 0 fully saturated rings. The molecule has 2 nitrogen and oxygen atoms in total. The second-order valence-corrected chi connectivity index (χ2v) is 3.99. The van der Waals surface area contributed by atoms with Gasteiger partial charge in [-0.1, -0.05) is 37.1 Å². The van der Waals surface area contributed by atoms with Crippen LogP contribution in [-0.2, 0) is 9.47 Å². The maximum Gasteiger partial charge on any atom is 0.0761 e. The first-order chi connectivity index (χ1) is 7.86. The molecule has 0 aromatic carbocycles. The normalized spacial score (nSPS) is 25.8. The summed E-state index contributed by atoms with van der Waals surface area (Å²) in [5.74, 6) is 0. The van der Waals surface area contributed by atoms with E-state index in [1.807, 2.05) is 0 Å². The van der Waals surface area contributed by atoms with E-state index in [2.05, 4.69) is 25.3 Å². The van der Waals surface area contributed by atoms with Crippen molar-refractivity contribution in [2.75, 3.05) is 13.2 Å². The van der Waals surface area contributed by atoms with E-state index in [1.165, 1.54) is 12.8 Å². The van der Waals surface area contributed by atoms with Crippen LogP contribution in [0.4, 0.5) is 0 Å². The van der Waals surface area contributed by atoms with E-state index in [9.17, 15) is 0 Å². The van der Waals surface area contributed by atoms with Crippen LogP contribution in [0.5, 0.6) is 0 Å². The Labute approximate surface area is 98.6 Å². The summed E-state index contributed by atoms with van der Waals surface area (Å²) in [6.07, 6.45) is 12.8. The van der Waals surface area contributed by atoms with Gasteiger partial charge >= 0.3 is 0 Å². The van der Waals surface area contributed by atoms with Gasteiger partial charge in [0.2, 0.25) is 0 Å². The highest BCUT2D eigenvalue weighted by Gasteiger charge is 2.11. The summed E-state index contributed by atoms with van der Waals surface area (Å²) in [6, 6.07) is 0. The Balaban J connectivity index is 2.41. The summed E-state index contributed by atoms with van der Waals surface area (Å²) in [6.45, 7) is 8.55. The molecule has 0 aliphatic heterocycles. The zero-order chi connectivity index (χ0) is 11.6. The minimum atomic E-state index is 0.216. The largest absolute Gasteiger partial charge is 0.370 e. The number of ether oxygens (including phenoxy) is 2. The van der Waals surface area contributed by atoms with Crippen molar-refractivity contribution in [2.45, 2.75) is 37.9 Å². The van der Waals surface area contributed by atoms with Gasteiger partial charge in [0.05, 0.1) is 25.4 Å². The Bertz CT molecular complexity index is 209. The van der Waals surface area contributed by atoms with Gasteiger partial charge in [0.1, 0.15) is 0 Å². The standard InChI is InChI=1S/C14H22O2/c1-3-11-15-13-7-5-6-8-14(10-9-13)16-12-4-2/h3-4,9-10,13-14H,1-2,5-8,11-12H2/t13-,14+. The van der Waals surface area contributed by atoms with E-state index in [1.54, 1.807) is 12.2 Å². The molecule has 0 unspecified atom stereocenters. The second kappa shape index (κ2) is 8.31.